The first-order valence-electron chi connectivity index (χ1n) is 5.89. The second-order valence-corrected chi connectivity index (χ2v) is 4.32. The molecule has 1 aliphatic carbocycles. The van der Waals surface area contributed by atoms with Crippen molar-refractivity contribution in [3.05, 3.63) is 36.2 Å². The second-order valence-electron chi connectivity index (χ2n) is 4.32. The second kappa shape index (κ2) is 4.60. The van der Waals surface area contributed by atoms with Gasteiger partial charge in [0.1, 0.15) is 0 Å². The van der Waals surface area contributed by atoms with Gasteiger partial charge in [-0.25, -0.2) is 4.79 Å². The molecule has 0 unspecified atom stereocenters. The minimum atomic E-state index is -0.545. The van der Waals surface area contributed by atoms with Crippen LogP contribution in [0.4, 0.5) is 0 Å². The summed E-state index contributed by atoms with van der Waals surface area (Å²) in [6.07, 6.45) is 2.26. The Balaban J connectivity index is 1.70. The summed E-state index contributed by atoms with van der Waals surface area (Å²) in [5.74, 6) is 0.213. The van der Waals surface area contributed by atoms with Crippen LogP contribution >= 0.6 is 0 Å². The van der Waals surface area contributed by atoms with Crippen molar-refractivity contribution in [1.29, 1.82) is 0 Å². The van der Waals surface area contributed by atoms with Crippen LogP contribution in [0.15, 0.2) is 34.7 Å². The first-order valence-corrected chi connectivity index (χ1v) is 5.89. The van der Waals surface area contributed by atoms with Gasteiger partial charge in [-0.05, 0) is 30.9 Å². The predicted molar refractivity (Wildman–Crippen MR) is 62.7 cm³/mol. The number of aromatic nitrogens is 2. The van der Waals surface area contributed by atoms with E-state index in [4.69, 9.17) is 9.15 Å². The highest BCUT2D eigenvalue weighted by atomic mass is 16.5. The van der Waals surface area contributed by atoms with E-state index in [0.717, 1.165) is 18.4 Å². The van der Waals surface area contributed by atoms with Crippen LogP contribution in [-0.2, 0) is 4.74 Å². The van der Waals surface area contributed by atoms with Gasteiger partial charge in [-0.15, -0.1) is 10.2 Å². The Hall–Kier alpha value is -2.17. The first kappa shape index (κ1) is 11.0. The van der Waals surface area contributed by atoms with Crippen molar-refractivity contribution in [1.82, 2.24) is 10.2 Å². The summed E-state index contributed by atoms with van der Waals surface area (Å²) in [4.78, 5) is 11.6. The fourth-order valence-corrected chi connectivity index (χ4v) is 1.54. The van der Waals surface area contributed by atoms with Crippen LogP contribution in [0.3, 0.4) is 0 Å². The Bertz CT molecular complexity index is 546. The van der Waals surface area contributed by atoms with E-state index in [2.05, 4.69) is 10.2 Å². The van der Waals surface area contributed by atoms with E-state index in [1.54, 1.807) is 0 Å². The van der Waals surface area contributed by atoms with Crippen molar-refractivity contribution in [2.75, 3.05) is 6.61 Å². The molecule has 1 aromatic carbocycles. The van der Waals surface area contributed by atoms with Crippen molar-refractivity contribution in [3.8, 4) is 11.5 Å². The molecule has 0 amide bonds. The molecule has 0 aliphatic heterocycles. The maximum Gasteiger partial charge on any atom is 0.396 e. The number of carbonyl (C=O) groups excluding carboxylic acids is 1. The van der Waals surface area contributed by atoms with Gasteiger partial charge in [-0.3, -0.25) is 0 Å². The molecule has 0 atom stereocenters. The lowest BCUT2D eigenvalue weighted by Gasteiger charge is -1.98. The van der Waals surface area contributed by atoms with Crippen LogP contribution in [0.1, 0.15) is 23.5 Å². The number of rotatable bonds is 4. The minimum Gasteiger partial charge on any atom is -0.458 e. The van der Waals surface area contributed by atoms with Crippen LogP contribution in [0.25, 0.3) is 11.5 Å². The van der Waals surface area contributed by atoms with Gasteiger partial charge in [0.2, 0.25) is 5.89 Å². The smallest absolute Gasteiger partial charge is 0.396 e. The molecule has 1 aliphatic rings. The number of hydrogen-bond donors (Lipinski definition) is 0. The van der Waals surface area contributed by atoms with Gasteiger partial charge in [-0.1, -0.05) is 18.2 Å². The molecule has 18 heavy (non-hydrogen) atoms. The third-order valence-electron chi connectivity index (χ3n) is 2.77. The van der Waals surface area contributed by atoms with E-state index in [1.165, 1.54) is 0 Å². The van der Waals surface area contributed by atoms with Crippen molar-refractivity contribution in [2.45, 2.75) is 12.8 Å². The molecule has 0 radical (unpaired) electrons. The monoisotopic (exact) mass is 244 g/mol. The van der Waals surface area contributed by atoms with Crippen LogP contribution in [0, 0.1) is 5.92 Å². The molecule has 1 saturated carbocycles. The van der Waals surface area contributed by atoms with Gasteiger partial charge in [-0.2, -0.15) is 0 Å². The van der Waals surface area contributed by atoms with Gasteiger partial charge in [0.15, 0.2) is 0 Å². The van der Waals surface area contributed by atoms with Crippen LogP contribution < -0.4 is 0 Å². The summed E-state index contributed by atoms with van der Waals surface area (Å²) in [5.41, 5.74) is 0.784. The fourth-order valence-electron chi connectivity index (χ4n) is 1.54. The molecular weight excluding hydrogens is 232 g/mol. The lowest BCUT2D eigenvalue weighted by Crippen LogP contribution is -2.07. The van der Waals surface area contributed by atoms with Crippen molar-refractivity contribution >= 4 is 5.97 Å². The van der Waals surface area contributed by atoms with Gasteiger partial charge >= 0.3 is 11.9 Å². The van der Waals surface area contributed by atoms with E-state index >= 15 is 0 Å². The van der Waals surface area contributed by atoms with Crippen molar-refractivity contribution in [3.63, 3.8) is 0 Å². The number of hydrogen-bond acceptors (Lipinski definition) is 5. The van der Waals surface area contributed by atoms with E-state index in [-0.39, 0.29) is 5.89 Å². The molecule has 92 valence electrons. The summed E-state index contributed by atoms with van der Waals surface area (Å²) < 4.78 is 10.4. The average molecular weight is 244 g/mol. The minimum absolute atomic E-state index is 0.0884. The molecular formula is C13H12N2O3. The Morgan fingerprint density at radius 2 is 2.06 bits per heavy atom. The molecule has 0 saturated heterocycles. The predicted octanol–water partition coefficient (Wildman–Crippen LogP) is 2.30. The molecule has 2 aromatic rings. The summed E-state index contributed by atoms with van der Waals surface area (Å²) in [6.45, 7) is 0.446. The van der Waals surface area contributed by atoms with E-state index in [0.29, 0.717) is 18.4 Å². The number of carbonyl (C=O) groups is 1. The topological polar surface area (TPSA) is 65.2 Å². The fraction of sp³-hybridized carbons (Fsp3) is 0.308. The Labute approximate surface area is 104 Å². The maximum atomic E-state index is 11.6. The maximum absolute atomic E-state index is 11.6. The third-order valence-corrected chi connectivity index (χ3v) is 2.77. The van der Waals surface area contributed by atoms with Gasteiger partial charge in [0, 0.05) is 5.56 Å². The number of ether oxygens (including phenoxy) is 1. The highest BCUT2D eigenvalue weighted by molar-refractivity contribution is 5.84. The van der Waals surface area contributed by atoms with E-state index in [9.17, 15) is 4.79 Å². The number of esters is 1. The Morgan fingerprint density at radius 1 is 1.28 bits per heavy atom. The molecule has 5 heteroatoms. The largest absolute Gasteiger partial charge is 0.458 e. The number of benzene rings is 1. The zero-order valence-electron chi connectivity index (χ0n) is 9.70. The SMILES string of the molecule is O=C(OCC1CC1)c1nnc(-c2ccccc2)o1. The highest BCUT2D eigenvalue weighted by Crippen LogP contribution is 2.29. The molecule has 1 fully saturated rings. The summed E-state index contributed by atoms with van der Waals surface area (Å²) in [6, 6.07) is 9.31. The zero-order valence-corrected chi connectivity index (χ0v) is 9.70. The molecule has 0 bridgehead atoms. The van der Waals surface area contributed by atoms with E-state index < -0.39 is 5.97 Å². The molecule has 3 rings (SSSR count). The first-order chi connectivity index (χ1) is 8.83. The van der Waals surface area contributed by atoms with E-state index in [1.807, 2.05) is 30.3 Å². The standard InChI is InChI=1S/C13H12N2O3/c16-13(17-8-9-6-7-9)12-15-14-11(18-12)10-4-2-1-3-5-10/h1-5,9H,6-8H2. The molecule has 1 heterocycles. The lowest BCUT2D eigenvalue weighted by atomic mass is 10.2. The van der Waals surface area contributed by atoms with Crippen LogP contribution in [0.2, 0.25) is 0 Å². The molecule has 0 N–H and O–H groups in total. The van der Waals surface area contributed by atoms with Crippen molar-refractivity contribution in [2.24, 2.45) is 5.92 Å². The zero-order chi connectivity index (χ0) is 12.4. The summed E-state index contributed by atoms with van der Waals surface area (Å²) in [5, 5.41) is 7.53. The van der Waals surface area contributed by atoms with Crippen molar-refractivity contribution < 1.29 is 13.9 Å². The summed E-state index contributed by atoms with van der Waals surface area (Å²) in [7, 11) is 0. The molecule has 5 nitrogen and oxygen atoms in total. The van der Waals surface area contributed by atoms with Gasteiger partial charge < -0.3 is 9.15 Å². The average Bonchev–Trinajstić information content (AvgIpc) is 3.11. The summed E-state index contributed by atoms with van der Waals surface area (Å²) >= 11 is 0. The molecule has 1 aromatic heterocycles. The third kappa shape index (κ3) is 2.40. The van der Waals surface area contributed by atoms with Crippen LogP contribution in [-0.4, -0.2) is 22.8 Å². The normalized spacial score (nSPS) is 14.4. The van der Waals surface area contributed by atoms with Gasteiger partial charge in [0.05, 0.1) is 6.61 Å². The van der Waals surface area contributed by atoms with Gasteiger partial charge in [0.25, 0.3) is 0 Å². The quantitative estimate of drug-likeness (QED) is 0.772. The Morgan fingerprint density at radius 3 is 2.78 bits per heavy atom. The number of nitrogens with zero attached hydrogens (tertiary/aromatic N) is 2. The van der Waals surface area contributed by atoms with Crippen LogP contribution in [0.5, 0.6) is 0 Å². The highest BCUT2D eigenvalue weighted by Gasteiger charge is 2.25. The Kier molecular flexibility index (Phi) is 2.80. The molecule has 0 spiro atoms. The lowest BCUT2D eigenvalue weighted by molar-refractivity contribution is 0.0441.